The number of hydrogen-bond donors (Lipinski definition) is 1. The zero-order valence-electron chi connectivity index (χ0n) is 10.1. The summed E-state index contributed by atoms with van der Waals surface area (Å²) in [6.45, 7) is 3.45. The van der Waals surface area contributed by atoms with Gasteiger partial charge in [-0.2, -0.15) is 0 Å². The highest BCUT2D eigenvalue weighted by atomic mass is 15.2. The van der Waals surface area contributed by atoms with Crippen LogP contribution in [0.25, 0.3) is 0 Å². The predicted molar refractivity (Wildman–Crippen MR) is 67.5 cm³/mol. The van der Waals surface area contributed by atoms with E-state index in [2.05, 4.69) is 28.9 Å². The van der Waals surface area contributed by atoms with E-state index in [1.54, 1.807) is 6.20 Å². The Morgan fingerprint density at radius 2 is 2.44 bits per heavy atom. The second-order valence-corrected chi connectivity index (χ2v) is 4.74. The fraction of sp³-hybridized carbons (Fsp3) is 0.583. The predicted octanol–water partition coefficient (Wildman–Crippen LogP) is 1.05. The van der Waals surface area contributed by atoms with Crippen LogP contribution in [0.15, 0.2) is 18.3 Å². The summed E-state index contributed by atoms with van der Waals surface area (Å²) >= 11 is 0. The number of pyridine rings is 1. The van der Waals surface area contributed by atoms with E-state index in [1.165, 1.54) is 19.5 Å². The zero-order chi connectivity index (χ0) is 11.5. The second kappa shape index (κ2) is 4.70. The van der Waals surface area contributed by atoms with Gasteiger partial charge in [0, 0.05) is 38.1 Å². The first-order valence-electron chi connectivity index (χ1n) is 5.76. The van der Waals surface area contributed by atoms with Gasteiger partial charge in [-0.25, -0.2) is 4.98 Å². The molecular formula is C12H20N4. The van der Waals surface area contributed by atoms with Crippen molar-refractivity contribution in [2.45, 2.75) is 6.42 Å². The summed E-state index contributed by atoms with van der Waals surface area (Å²) in [5, 5.41) is 0. The SMILES string of the molecule is CN1CCC(CN(C)c2cc(N)ccn2)C1. The molecule has 2 heterocycles. The summed E-state index contributed by atoms with van der Waals surface area (Å²) in [7, 11) is 4.26. The molecule has 0 aromatic carbocycles. The minimum absolute atomic E-state index is 0.748. The van der Waals surface area contributed by atoms with Crippen molar-refractivity contribution in [3.63, 3.8) is 0 Å². The molecule has 1 unspecified atom stereocenters. The third-order valence-corrected chi connectivity index (χ3v) is 3.18. The van der Waals surface area contributed by atoms with E-state index in [0.29, 0.717) is 0 Å². The third-order valence-electron chi connectivity index (χ3n) is 3.18. The molecule has 1 saturated heterocycles. The van der Waals surface area contributed by atoms with Gasteiger partial charge >= 0.3 is 0 Å². The Morgan fingerprint density at radius 1 is 1.62 bits per heavy atom. The Morgan fingerprint density at radius 3 is 3.06 bits per heavy atom. The second-order valence-electron chi connectivity index (χ2n) is 4.74. The lowest BCUT2D eigenvalue weighted by Gasteiger charge is -2.22. The first kappa shape index (κ1) is 11.2. The van der Waals surface area contributed by atoms with Crippen LogP contribution in [0.3, 0.4) is 0 Å². The highest BCUT2D eigenvalue weighted by Crippen LogP contribution is 2.19. The molecule has 88 valence electrons. The molecule has 1 aliphatic heterocycles. The summed E-state index contributed by atoms with van der Waals surface area (Å²) in [6.07, 6.45) is 3.05. The number of nitrogens with two attached hydrogens (primary N) is 1. The Labute approximate surface area is 97.1 Å². The van der Waals surface area contributed by atoms with Crippen LogP contribution in [0.4, 0.5) is 11.5 Å². The number of hydrogen-bond acceptors (Lipinski definition) is 4. The van der Waals surface area contributed by atoms with E-state index in [4.69, 9.17) is 5.73 Å². The van der Waals surface area contributed by atoms with Crippen LogP contribution in [0.2, 0.25) is 0 Å². The minimum atomic E-state index is 0.748. The van der Waals surface area contributed by atoms with Gasteiger partial charge in [-0.3, -0.25) is 0 Å². The summed E-state index contributed by atoms with van der Waals surface area (Å²) in [4.78, 5) is 8.91. The van der Waals surface area contributed by atoms with Gasteiger partial charge in [-0.05, 0) is 32.0 Å². The molecular weight excluding hydrogens is 200 g/mol. The molecule has 1 aromatic heterocycles. The molecule has 2 N–H and O–H groups in total. The molecule has 1 aliphatic rings. The Balaban J connectivity index is 1.95. The van der Waals surface area contributed by atoms with Gasteiger partial charge in [0.1, 0.15) is 5.82 Å². The molecule has 4 nitrogen and oxygen atoms in total. The maximum atomic E-state index is 5.75. The maximum Gasteiger partial charge on any atom is 0.130 e. The topological polar surface area (TPSA) is 45.4 Å². The Bertz CT molecular complexity index is 353. The van der Waals surface area contributed by atoms with E-state index >= 15 is 0 Å². The van der Waals surface area contributed by atoms with E-state index in [9.17, 15) is 0 Å². The molecule has 0 amide bonds. The largest absolute Gasteiger partial charge is 0.399 e. The molecule has 0 bridgehead atoms. The lowest BCUT2D eigenvalue weighted by atomic mass is 10.1. The van der Waals surface area contributed by atoms with Gasteiger partial charge < -0.3 is 15.5 Å². The molecule has 0 radical (unpaired) electrons. The van der Waals surface area contributed by atoms with Crippen molar-refractivity contribution >= 4 is 11.5 Å². The lowest BCUT2D eigenvalue weighted by Crippen LogP contribution is -2.27. The normalized spacial score (nSPS) is 21.2. The van der Waals surface area contributed by atoms with Crippen LogP contribution in [0.5, 0.6) is 0 Å². The molecule has 1 aromatic rings. The molecule has 0 saturated carbocycles. The van der Waals surface area contributed by atoms with Gasteiger partial charge in [-0.1, -0.05) is 0 Å². The van der Waals surface area contributed by atoms with Gasteiger partial charge in [0.25, 0.3) is 0 Å². The van der Waals surface area contributed by atoms with Crippen molar-refractivity contribution in [2.75, 3.05) is 44.4 Å². The van der Waals surface area contributed by atoms with E-state index in [0.717, 1.165) is 24.0 Å². The molecule has 0 aliphatic carbocycles. The van der Waals surface area contributed by atoms with Crippen molar-refractivity contribution in [1.82, 2.24) is 9.88 Å². The summed E-state index contributed by atoms with van der Waals surface area (Å²) in [5.74, 6) is 1.72. The van der Waals surface area contributed by atoms with Crippen molar-refractivity contribution < 1.29 is 0 Å². The van der Waals surface area contributed by atoms with Crippen LogP contribution < -0.4 is 10.6 Å². The van der Waals surface area contributed by atoms with Crippen molar-refractivity contribution in [3.05, 3.63) is 18.3 Å². The average molecular weight is 220 g/mol. The van der Waals surface area contributed by atoms with E-state index in [1.807, 2.05) is 12.1 Å². The molecule has 4 heteroatoms. The quantitative estimate of drug-likeness (QED) is 0.827. The molecule has 1 fully saturated rings. The molecule has 1 atom stereocenters. The van der Waals surface area contributed by atoms with E-state index < -0.39 is 0 Å². The average Bonchev–Trinajstić information content (AvgIpc) is 2.64. The third kappa shape index (κ3) is 2.64. The zero-order valence-corrected chi connectivity index (χ0v) is 10.1. The van der Waals surface area contributed by atoms with Crippen molar-refractivity contribution in [1.29, 1.82) is 0 Å². The molecule has 2 rings (SSSR count). The number of anilines is 2. The van der Waals surface area contributed by atoms with Crippen LogP contribution in [-0.4, -0.2) is 43.6 Å². The van der Waals surface area contributed by atoms with Gasteiger partial charge in [0.2, 0.25) is 0 Å². The molecule has 16 heavy (non-hydrogen) atoms. The smallest absolute Gasteiger partial charge is 0.130 e. The minimum Gasteiger partial charge on any atom is -0.399 e. The standard InChI is InChI=1S/C12H20N4/c1-15-6-4-10(8-15)9-16(2)12-7-11(13)3-5-14-12/h3,5,7,10H,4,6,8-9H2,1-2H3,(H2,13,14). The lowest BCUT2D eigenvalue weighted by molar-refractivity contribution is 0.395. The van der Waals surface area contributed by atoms with Crippen LogP contribution in [-0.2, 0) is 0 Å². The monoisotopic (exact) mass is 220 g/mol. The maximum absolute atomic E-state index is 5.75. The van der Waals surface area contributed by atoms with E-state index in [-0.39, 0.29) is 0 Å². The Hall–Kier alpha value is -1.29. The first-order chi connectivity index (χ1) is 7.65. The summed E-state index contributed by atoms with van der Waals surface area (Å²) in [5.41, 5.74) is 6.53. The van der Waals surface area contributed by atoms with Crippen LogP contribution in [0, 0.1) is 5.92 Å². The van der Waals surface area contributed by atoms with Gasteiger partial charge in [0.15, 0.2) is 0 Å². The van der Waals surface area contributed by atoms with Crippen LogP contribution in [0.1, 0.15) is 6.42 Å². The van der Waals surface area contributed by atoms with Gasteiger partial charge in [0.05, 0.1) is 0 Å². The number of nitrogens with zero attached hydrogens (tertiary/aromatic N) is 3. The fourth-order valence-electron chi connectivity index (χ4n) is 2.30. The van der Waals surface area contributed by atoms with Crippen molar-refractivity contribution in [3.8, 4) is 0 Å². The summed E-state index contributed by atoms with van der Waals surface area (Å²) in [6, 6.07) is 3.75. The Kier molecular flexibility index (Phi) is 3.29. The summed E-state index contributed by atoms with van der Waals surface area (Å²) < 4.78 is 0. The number of aromatic nitrogens is 1. The number of nitrogen functional groups attached to an aromatic ring is 1. The fourth-order valence-corrected chi connectivity index (χ4v) is 2.30. The van der Waals surface area contributed by atoms with Crippen LogP contribution >= 0.6 is 0 Å². The first-order valence-corrected chi connectivity index (χ1v) is 5.76. The van der Waals surface area contributed by atoms with Gasteiger partial charge in [-0.15, -0.1) is 0 Å². The number of likely N-dealkylation sites (tertiary alicyclic amines) is 1. The molecule has 0 spiro atoms. The van der Waals surface area contributed by atoms with Crippen molar-refractivity contribution in [2.24, 2.45) is 5.92 Å². The highest BCUT2D eigenvalue weighted by molar-refractivity contribution is 5.49. The highest BCUT2D eigenvalue weighted by Gasteiger charge is 2.21. The number of rotatable bonds is 3.